The molecule has 1 aliphatic rings. The third-order valence-electron chi connectivity index (χ3n) is 4.94. The lowest BCUT2D eigenvalue weighted by Crippen LogP contribution is -2.55. The van der Waals surface area contributed by atoms with Gasteiger partial charge in [0.2, 0.25) is 5.91 Å². The monoisotopic (exact) mass is 472 g/mol. The van der Waals surface area contributed by atoms with E-state index in [4.69, 9.17) is 9.84 Å². The zero-order valence-electron chi connectivity index (χ0n) is 17.5. The molecule has 0 aromatic heterocycles. The zero-order chi connectivity index (χ0) is 23.9. The zero-order valence-corrected chi connectivity index (χ0v) is 18.3. The summed E-state index contributed by atoms with van der Waals surface area (Å²) in [6.07, 6.45) is 0.932. The third kappa shape index (κ3) is 7.01. The maximum atomic E-state index is 12.7. The highest BCUT2D eigenvalue weighted by atomic mass is 32.2. The minimum atomic E-state index is -3.43. The van der Waals surface area contributed by atoms with Crippen molar-refractivity contribution >= 4 is 33.6 Å². The van der Waals surface area contributed by atoms with E-state index < -0.39 is 58.8 Å². The number of sulfone groups is 1. The Bertz CT molecular complexity index is 982. The predicted molar refractivity (Wildman–Crippen MR) is 109 cm³/mol. The first-order valence-electron chi connectivity index (χ1n) is 9.86. The van der Waals surface area contributed by atoms with Crippen LogP contribution in [0.2, 0.25) is 0 Å². The molecule has 176 valence electrons. The molecular formula is C20H25FN2O8S. The molecule has 1 saturated heterocycles. The van der Waals surface area contributed by atoms with E-state index in [1.54, 1.807) is 6.07 Å². The first-order valence-corrected chi connectivity index (χ1v) is 11.7. The van der Waals surface area contributed by atoms with Crippen molar-refractivity contribution in [2.45, 2.75) is 49.3 Å². The van der Waals surface area contributed by atoms with Gasteiger partial charge in [-0.2, -0.15) is 0 Å². The van der Waals surface area contributed by atoms with Crippen LogP contribution in [0.5, 0.6) is 0 Å². The average Bonchev–Trinajstić information content (AvgIpc) is 2.75. The van der Waals surface area contributed by atoms with Gasteiger partial charge in [0.15, 0.2) is 15.6 Å². The number of carboxylic acids is 1. The molecule has 1 fully saturated rings. The lowest BCUT2D eigenvalue weighted by Gasteiger charge is -2.34. The Balaban J connectivity index is 2.07. The fraction of sp³-hybridized carbons (Fsp3) is 0.500. The Kier molecular flexibility index (Phi) is 8.70. The summed E-state index contributed by atoms with van der Waals surface area (Å²) in [4.78, 5) is 49.1. The minimum absolute atomic E-state index is 0.0725. The summed E-state index contributed by atoms with van der Waals surface area (Å²) >= 11 is 0. The van der Waals surface area contributed by atoms with Crippen LogP contribution in [-0.2, 0) is 35.6 Å². The number of halogens is 1. The molecule has 1 aromatic rings. The molecule has 32 heavy (non-hydrogen) atoms. The van der Waals surface area contributed by atoms with E-state index in [-0.39, 0.29) is 24.5 Å². The number of carboxylic acid groups (broad SMARTS) is 1. The van der Waals surface area contributed by atoms with Gasteiger partial charge in [-0.1, -0.05) is 12.1 Å². The molecule has 1 aliphatic heterocycles. The van der Waals surface area contributed by atoms with Crippen LogP contribution >= 0.6 is 0 Å². The number of ether oxygens (including phenoxy) is 1. The fourth-order valence-corrected chi connectivity index (χ4v) is 3.99. The first kappa shape index (κ1) is 25.2. The number of likely N-dealkylation sites (tertiary alicyclic amines) is 1. The average molecular weight is 472 g/mol. The molecule has 0 saturated carbocycles. The van der Waals surface area contributed by atoms with Gasteiger partial charge in [0, 0.05) is 12.8 Å². The summed E-state index contributed by atoms with van der Waals surface area (Å²) in [6, 6.07) is 3.34. The van der Waals surface area contributed by atoms with E-state index in [0.29, 0.717) is 18.4 Å². The lowest BCUT2D eigenvalue weighted by molar-refractivity contribution is -0.140. The summed E-state index contributed by atoms with van der Waals surface area (Å²) in [5.41, 5.74) is 0.439. The van der Waals surface area contributed by atoms with Crippen molar-refractivity contribution in [3.63, 3.8) is 0 Å². The van der Waals surface area contributed by atoms with Crippen LogP contribution in [0.1, 0.15) is 31.2 Å². The van der Waals surface area contributed by atoms with Gasteiger partial charge < -0.3 is 15.2 Å². The topological polar surface area (TPSA) is 147 Å². The lowest BCUT2D eigenvalue weighted by atomic mass is 10.0. The number of nitrogens with one attached hydrogen (secondary N) is 1. The molecule has 2 atom stereocenters. The van der Waals surface area contributed by atoms with E-state index in [9.17, 15) is 32.0 Å². The van der Waals surface area contributed by atoms with E-state index >= 15 is 0 Å². The van der Waals surface area contributed by atoms with Gasteiger partial charge in [-0.15, -0.1) is 0 Å². The number of nitrogens with zero attached hydrogens (tertiary/aromatic N) is 1. The molecule has 0 bridgehead atoms. The van der Waals surface area contributed by atoms with Crippen LogP contribution in [0.15, 0.2) is 29.2 Å². The number of aliphatic carboxylic acids is 1. The molecule has 2 rings (SSSR count). The number of piperidine rings is 1. The molecular weight excluding hydrogens is 447 g/mol. The van der Waals surface area contributed by atoms with E-state index in [1.165, 1.54) is 18.2 Å². The quantitative estimate of drug-likeness (QED) is 0.543. The number of hydrogen-bond donors (Lipinski definition) is 2. The molecule has 0 spiro atoms. The van der Waals surface area contributed by atoms with Gasteiger partial charge in [-0.3, -0.25) is 19.3 Å². The highest BCUT2D eigenvalue weighted by molar-refractivity contribution is 7.90. The maximum absolute atomic E-state index is 12.7. The fourth-order valence-electron chi connectivity index (χ4n) is 3.30. The molecule has 10 nitrogen and oxygen atoms in total. The largest absolute Gasteiger partial charge is 0.481 e. The molecule has 2 amide bonds. The van der Waals surface area contributed by atoms with Crippen LogP contribution in [0.3, 0.4) is 0 Å². The number of carbonyl (C=O) groups is 4. The van der Waals surface area contributed by atoms with Crippen molar-refractivity contribution in [3.05, 3.63) is 29.8 Å². The summed E-state index contributed by atoms with van der Waals surface area (Å²) in [7, 11) is -3.43. The van der Waals surface area contributed by atoms with E-state index in [1.807, 2.05) is 0 Å². The van der Waals surface area contributed by atoms with Crippen LogP contribution in [0, 0.1) is 0 Å². The summed E-state index contributed by atoms with van der Waals surface area (Å²) < 4.78 is 41.3. The first-order chi connectivity index (χ1) is 15.0. The van der Waals surface area contributed by atoms with Crippen LogP contribution in [0.4, 0.5) is 9.18 Å². The molecule has 0 aliphatic carbocycles. The van der Waals surface area contributed by atoms with Gasteiger partial charge in [0.05, 0.1) is 11.3 Å². The molecule has 2 N–H and O–H groups in total. The van der Waals surface area contributed by atoms with Gasteiger partial charge in [-0.05, 0) is 37.0 Å². The molecule has 12 heteroatoms. The molecule has 1 unspecified atom stereocenters. The molecule has 0 radical (unpaired) electrons. The second-order valence-corrected chi connectivity index (χ2v) is 9.45. The Hall–Kier alpha value is -3.02. The number of carbonyl (C=O) groups excluding carboxylic acids is 3. The Morgan fingerprint density at radius 2 is 2.00 bits per heavy atom. The minimum Gasteiger partial charge on any atom is -0.481 e. The van der Waals surface area contributed by atoms with Crippen LogP contribution < -0.4 is 5.32 Å². The van der Waals surface area contributed by atoms with Gasteiger partial charge >= 0.3 is 12.1 Å². The Morgan fingerprint density at radius 1 is 1.28 bits per heavy atom. The highest BCUT2D eigenvalue weighted by Gasteiger charge is 2.35. The summed E-state index contributed by atoms with van der Waals surface area (Å²) in [6.45, 7) is -1.46. The molecule has 1 aromatic carbocycles. The normalized spacial score (nSPS) is 17.3. The summed E-state index contributed by atoms with van der Waals surface area (Å²) in [5.74, 6) is -3.22. The van der Waals surface area contributed by atoms with Gasteiger partial charge in [0.1, 0.15) is 25.4 Å². The van der Waals surface area contributed by atoms with Crippen LogP contribution in [0.25, 0.3) is 0 Å². The number of rotatable bonds is 9. The van der Waals surface area contributed by atoms with Crippen molar-refractivity contribution < 1.29 is 41.8 Å². The number of hydrogen-bond acceptors (Lipinski definition) is 7. The number of amides is 2. The number of alkyl halides is 1. The SMILES string of the molecule is CS(=O)(=O)c1cccc(COC(=O)N2CCCC[C@H]2C(=O)NC(CC(=O)O)C(=O)CF)c1. The Morgan fingerprint density at radius 3 is 2.62 bits per heavy atom. The van der Waals surface area contributed by atoms with Crippen molar-refractivity contribution in [3.8, 4) is 0 Å². The predicted octanol–water partition coefficient (Wildman–Crippen LogP) is 1.08. The summed E-state index contributed by atoms with van der Waals surface area (Å²) in [5, 5.41) is 11.1. The number of ketones is 1. The van der Waals surface area contributed by atoms with Crippen molar-refractivity contribution in [1.29, 1.82) is 0 Å². The Labute approximate surface area is 184 Å². The smallest absolute Gasteiger partial charge is 0.410 e. The van der Waals surface area contributed by atoms with Gasteiger partial charge in [-0.25, -0.2) is 17.6 Å². The van der Waals surface area contributed by atoms with Crippen molar-refractivity contribution in [2.24, 2.45) is 0 Å². The second kappa shape index (κ2) is 11.0. The van der Waals surface area contributed by atoms with Crippen molar-refractivity contribution in [2.75, 3.05) is 19.5 Å². The maximum Gasteiger partial charge on any atom is 0.410 e. The number of benzene rings is 1. The standard InChI is InChI=1S/C20H25FN2O8S/c1-32(29,30)14-6-4-5-13(9-14)12-31-20(28)23-8-3-2-7-16(23)19(27)22-15(10-18(25)26)17(24)11-21/h4-6,9,15-16H,2-3,7-8,10-12H2,1H3,(H,22,27)(H,25,26)/t15?,16-/m0/s1. The van der Waals surface area contributed by atoms with Crippen LogP contribution in [-0.4, -0.2) is 73.7 Å². The number of Topliss-reactive ketones (excluding diaryl/α,β-unsaturated/α-hetero) is 1. The van der Waals surface area contributed by atoms with Crippen molar-refractivity contribution in [1.82, 2.24) is 10.2 Å². The van der Waals surface area contributed by atoms with E-state index in [2.05, 4.69) is 5.32 Å². The second-order valence-electron chi connectivity index (χ2n) is 7.44. The third-order valence-corrected chi connectivity index (χ3v) is 6.05. The molecule has 1 heterocycles. The highest BCUT2D eigenvalue weighted by Crippen LogP contribution is 2.20. The van der Waals surface area contributed by atoms with Gasteiger partial charge in [0.25, 0.3) is 0 Å². The van der Waals surface area contributed by atoms with E-state index in [0.717, 1.165) is 11.2 Å².